The molecule has 1 aliphatic heterocycles. The molecule has 7 nitrogen and oxygen atoms in total. The Morgan fingerprint density at radius 3 is 2.56 bits per heavy atom. The number of anilines is 2. The van der Waals surface area contributed by atoms with Crippen LogP contribution in [0, 0.1) is 25.2 Å². The first-order valence-corrected chi connectivity index (χ1v) is 9.00. The molecule has 2 aromatic rings. The maximum absolute atomic E-state index is 12.6. The first kappa shape index (κ1) is 18.8. The van der Waals surface area contributed by atoms with Crippen LogP contribution in [-0.4, -0.2) is 48.1 Å². The molecule has 0 spiro atoms. The highest BCUT2D eigenvalue weighted by atomic mass is 16.4. The van der Waals surface area contributed by atoms with Crippen molar-refractivity contribution in [2.45, 2.75) is 26.8 Å². The van der Waals surface area contributed by atoms with Gasteiger partial charge in [-0.05, 0) is 32.9 Å². The highest BCUT2D eigenvalue weighted by Gasteiger charge is 2.28. The van der Waals surface area contributed by atoms with E-state index in [0.29, 0.717) is 24.4 Å². The second-order valence-electron chi connectivity index (χ2n) is 6.78. The number of para-hydroxylation sites is 2. The minimum absolute atomic E-state index is 0.198. The van der Waals surface area contributed by atoms with Crippen molar-refractivity contribution < 1.29 is 14.3 Å². The third-order valence-corrected chi connectivity index (χ3v) is 5.20. The van der Waals surface area contributed by atoms with Crippen LogP contribution in [0.2, 0.25) is 0 Å². The number of nitrogens with one attached hydrogen (secondary N) is 1. The molecular weight excluding hydrogens is 344 g/mol. The fourth-order valence-corrected chi connectivity index (χ4v) is 3.31. The van der Waals surface area contributed by atoms with Gasteiger partial charge in [-0.3, -0.25) is 15.0 Å². The fourth-order valence-electron chi connectivity index (χ4n) is 3.31. The lowest BCUT2D eigenvalue weighted by molar-refractivity contribution is -0.121. The number of piperazine rings is 1. The Balaban J connectivity index is 1.62. The van der Waals surface area contributed by atoms with Crippen LogP contribution in [0.4, 0.5) is 11.6 Å². The van der Waals surface area contributed by atoms with Gasteiger partial charge in [0.15, 0.2) is 0 Å². The SMILES string of the molecule is Cc1oc(NC(=O)C(C)N2CCN(c3ccccc3O)CC2)c(C#N)c1C. The molecule has 1 aliphatic rings. The molecule has 27 heavy (non-hydrogen) atoms. The van der Waals surface area contributed by atoms with E-state index in [1.54, 1.807) is 26.0 Å². The summed E-state index contributed by atoms with van der Waals surface area (Å²) in [6, 6.07) is 9.01. The van der Waals surface area contributed by atoms with E-state index in [0.717, 1.165) is 24.3 Å². The van der Waals surface area contributed by atoms with Gasteiger partial charge < -0.3 is 14.4 Å². The van der Waals surface area contributed by atoms with Crippen LogP contribution in [0.15, 0.2) is 28.7 Å². The highest BCUT2D eigenvalue weighted by Crippen LogP contribution is 2.28. The second-order valence-corrected chi connectivity index (χ2v) is 6.78. The van der Waals surface area contributed by atoms with Crippen molar-refractivity contribution >= 4 is 17.5 Å². The molecule has 2 N–H and O–H groups in total. The van der Waals surface area contributed by atoms with Gasteiger partial charge in [-0.1, -0.05) is 12.1 Å². The summed E-state index contributed by atoms with van der Waals surface area (Å²) in [4.78, 5) is 16.8. The molecule has 1 atom stereocenters. The lowest BCUT2D eigenvalue weighted by Crippen LogP contribution is -2.52. The number of amides is 1. The van der Waals surface area contributed by atoms with Crippen LogP contribution < -0.4 is 10.2 Å². The molecule has 0 saturated carbocycles. The van der Waals surface area contributed by atoms with Gasteiger partial charge in [0.1, 0.15) is 23.1 Å². The molecule has 1 aromatic heterocycles. The monoisotopic (exact) mass is 368 g/mol. The normalized spacial score (nSPS) is 16.0. The largest absolute Gasteiger partial charge is 0.506 e. The summed E-state index contributed by atoms with van der Waals surface area (Å²) in [7, 11) is 0. The zero-order valence-corrected chi connectivity index (χ0v) is 15.8. The fraction of sp³-hybridized carbons (Fsp3) is 0.400. The second kappa shape index (κ2) is 7.72. The molecule has 1 unspecified atom stereocenters. The Bertz CT molecular complexity index is 876. The van der Waals surface area contributed by atoms with Gasteiger partial charge in [-0.2, -0.15) is 5.26 Å². The van der Waals surface area contributed by atoms with Crippen molar-refractivity contribution in [3.05, 3.63) is 41.2 Å². The number of benzene rings is 1. The highest BCUT2D eigenvalue weighted by molar-refractivity contribution is 5.94. The van der Waals surface area contributed by atoms with E-state index in [-0.39, 0.29) is 23.6 Å². The smallest absolute Gasteiger partial charge is 0.243 e. The first-order valence-electron chi connectivity index (χ1n) is 9.00. The molecule has 1 amide bonds. The van der Waals surface area contributed by atoms with E-state index in [9.17, 15) is 15.2 Å². The number of phenolic OH excluding ortho intramolecular Hbond substituents is 1. The Labute approximate surface area is 158 Å². The number of rotatable bonds is 4. The Kier molecular flexibility index (Phi) is 5.38. The van der Waals surface area contributed by atoms with E-state index in [1.165, 1.54) is 0 Å². The maximum Gasteiger partial charge on any atom is 0.243 e. The topological polar surface area (TPSA) is 92.7 Å². The van der Waals surface area contributed by atoms with Crippen molar-refractivity contribution in [3.8, 4) is 11.8 Å². The van der Waals surface area contributed by atoms with Crippen molar-refractivity contribution in [2.75, 3.05) is 36.4 Å². The Hall–Kier alpha value is -2.98. The van der Waals surface area contributed by atoms with Gasteiger partial charge in [-0.25, -0.2) is 0 Å². The standard InChI is InChI=1S/C20H24N4O3/c1-13-15(3)27-20(16(13)12-21)22-19(26)14(2)23-8-10-24(11-9-23)17-6-4-5-7-18(17)25/h4-7,14,25H,8-11H2,1-3H3,(H,22,26). The van der Waals surface area contributed by atoms with Crippen molar-refractivity contribution in [1.29, 1.82) is 5.26 Å². The first-order chi connectivity index (χ1) is 12.9. The molecule has 1 fully saturated rings. The predicted octanol–water partition coefficient (Wildman–Crippen LogP) is 2.62. The van der Waals surface area contributed by atoms with Gasteiger partial charge in [-0.15, -0.1) is 0 Å². The zero-order valence-electron chi connectivity index (χ0n) is 15.8. The molecule has 2 heterocycles. The van der Waals surface area contributed by atoms with Crippen LogP contribution in [0.1, 0.15) is 23.8 Å². The van der Waals surface area contributed by atoms with Gasteiger partial charge >= 0.3 is 0 Å². The predicted molar refractivity (Wildman–Crippen MR) is 103 cm³/mol. The van der Waals surface area contributed by atoms with E-state index < -0.39 is 0 Å². The third kappa shape index (κ3) is 3.76. The van der Waals surface area contributed by atoms with E-state index in [1.807, 2.05) is 19.1 Å². The zero-order chi connectivity index (χ0) is 19.6. The number of hydrogen-bond acceptors (Lipinski definition) is 6. The number of hydrogen-bond donors (Lipinski definition) is 2. The summed E-state index contributed by atoms with van der Waals surface area (Å²) >= 11 is 0. The number of furan rings is 1. The number of nitrogens with zero attached hydrogens (tertiary/aromatic N) is 3. The van der Waals surface area contributed by atoms with Gasteiger partial charge in [0.2, 0.25) is 11.8 Å². The number of carbonyl (C=O) groups excluding carboxylic acids is 1. The van der Waals surface area contributed by atoms with Crippen molar-refractivity contribution in [1.82, 2.24) is 4.90 Å². The average Bonchev–Trinajstić information content (AvgIpc) is 2.94. The quantitative estimate of drug-likeness (QED) is 0.862. The van der Waals surface area contributed by atoms with Crippen molar-refractivity contribution in [3.63, 3.8) is 0 Å². The van der Waals surface area contributed by atoms with Gasteiger partial charge in [0, 0.05) is 31.7 Å². The minimum atomic E-state index is -0.353. The lowest BCUT2D eigenvalue weighted by atomic mass is 10.1. The average molecular weight is 368 g/mol. The summed E-state index contributed by atoms with van der Waals surface area (Å²) < 4.78 is 5.52. The molecule has 0 radical (unpaired) electrons. The summed E-state index contributed by atoms with van der Waals surface area (Å²) in [5.41, 5.74) is 1.93. The summed E-state index contributed by atoms with van der Waals surface area (Å²) in [5, 5.41) is 22.0. The van der Waals surface area contributed by atoms with Crippen LogP contribution in [-0.2, 0) is 4.79 Å². The molecular formula is C20H24N4O3. The molecule has 1 aromatic carbocycles. The van der Waals surface area contributed by atoms with Crippen LogP contribution in [0.3, 0.4) is 0 Å². The lowest BCUT2D eigenvalue weighted by Gasteiger charge is -2.38. The molecule has 7 heteroatoms. The molecule has 0 aliphatic carbocycles. The minimum Gasteiger partial charge on any atom is -0.506 e. The van der Waals surface area contributed by atoms with Gasteiger partial charge in [0.25, 0.3) is 0 Å². The summed E-state index contributed by atoms with van der Waals surface area (Å²) in [6.45, 7) is 8.26. The number of aryl methyl sites for hydroxylation is 1. The van der Waals surface area contributed by atoms with Crippen LogP contribution in [0.25, 0.3) is 0 Å². The maximum atomic E-state index is 12.6. The van der Waals surface area contributed by atoms with E-state index in [4.69, 9.17) is 4.42 Å². The number of aromatic hydroxyl groups is 1. The molecule has 0 bridgehead atoms. The molecule has 3 rings (SSSR count). The van der Waals surface area contributed by atoms with Gasteiger partial charge in [0.05, 0.1) is 11.7 Å². The van der Waals surface area contributed by atoms with E-state index >= 15 is 0 Å². The Morgan fingerprint density at radius 2 is 1.93 bits per heavy atom. The Morgan fingerprint density at radius 1 is 1.26 bits per heavy atom. The summed E-state index contributed by atoms with van der Waals surface area (Å²) in [6.07, 6.45) is 0. The number of nitriles is 1. The summed E-state index contributed by atoms with van der Waals surface area (Å²) in [5.74, 6) is 0.920. The third-order valence-electron chi connectivity index (χ3n) is 5.20. The number of phenols is 1. The molecule has 1 saturated heterocycles. The van der Waals surface area contributed by atoms with E-state index in [2.05, 4.69) is 21.2 Å². The van der Waals surface area contributed by atoms with Crippen LogP contribution >= 0.6 is 0 Å². The molecule has 142 valence electrons. The number of carbonyl (C=O) groups is 1. The van der Waals surface area contributed by atoms with Crippen molar-refractivity contribution in [2.24, 2.45) is 0 Å². The van der Waals surface area contributed by atoms with Crippen LogP contribution in [0.5, 0.6) is 5.75 Å².